The van der Waals surface area contributed by atoms with Gasteiger partial charge in [0, 0.05) is 28.0 Å². The second-order valence-electron chi connectivity index (χ2n) is 5.92. The molecule has 2 nitrogen and oxygen atoms in total. The predicted molar refractivity (Wildman–Crippen MR) is 91.0 cm³/mol. The molecule has 4 heteroatoms. The van der Waals surface area contributed by atoms with Gasteiger partial charge in [-0.3, -0.25) is 0 Å². The van der Waals surface area contributed by atoms with Crippen molar-refractivity contribution in [1.82, 2.24) is 5.32 Å². The molecular formula is C16H23Br2NO. The van der Waals surface area contributed by atoms with E-state index in [4.69, 9.17) is 4.74 Å². The zero-order valence-corrected chi connectivity index (χ0v) is 15.3. The van der Waals surface area contributed by atoms with Crippen molar-refractivity contribution >= 4 is 31.9 Å². The van der Waals surface area contributed by atoms with Crippen molar-refractivity contribution in [3.63, 3.8) is 0 Å². The molecule has 2 rings (SSSR count). The van der Waals surface area contributed by atoms with E-state index in [9.17, 15) is 0 Å². The summed E-state index contributed by atoms with van der Waals surface area (Å²) in [6.45, 7) is 7.48. The van der Waals surface area contributed by atoms with Crippen molar-refractivity contribution in [2.75, 3.05) is 19.7 Å². The summed E-state index contributed by atoms with van der Waals surface area (Å²) in [6, 6.07) is 6.44. The van der Waals surface area contributed by atoms with E-state index < -0.39 is 0 Å². The van der Waals surface area contributed by atoms with Gasteiger partial charge in [-0.1, -0.05) is 19.9 Å². The zero-order valence-electron chi connectivity index (χ0n) is 12.2. The fourth-order valence-corrected chi connectivity index (χ4v) is 3.31. The molecule has 1 N–H and O–H groups in total. The van der Waals surface area contributed by atoms with E-state index in [-0.39, 0.29) is 6.10 Å². The Bertz CT molecular complexity index is 436. The predicted octanol–water partition coefficient (Wildman–Crippen LogP) is 4.92. The lowest BCUT2D eigenvalue weighted by molar-refractivity contribution is -0.0279. The summed E-state index contributed by atoms with van der Waals surface area (Å²) >= 11 is 7.11. The van der Waals surface area contributed by atoms with Gasteiger partial charge in [0.05, 0.1) is 6.10 Å². The number of hydrogen-bond donors (Lipinski definition) is 1. The SMILES string of the molecule is CC(C)CNCC1CCCOC1c1ccc(Br)c(Br)c1. The first-order valence-electron chi connectivity index (χ1n) is 7.35. The summed E-state index contributed by atoms with van der Waals surface area (Å²) in [4.78, 5) is 0. The number of ether oxygens (including phenoxy) is 1. The van der Waals surface area contributed by atoms with E-state index in [0.29, 0.717) is 11.8 Å². The Kier molecular flexibility index (Phi) is 6.53. The van der Waals surface area contributed by atoms with Gasteiger partial charge in [0.1, 0.15) is 0 Å². The van der Waals surface area contributed by atoms with E-state index in [1.54, 1.807) is 0 Å². The number of halogens is 2. The number of rotatable bonds is 5. The van der Waals surface area contributed by atoms with Gasteiger partial charge in [-0.2, -0.15) is 0 Å². The van der Waals surface area contributed by atoms with Crippen LogP contribution in [0.5, 0.6) is 0 Å². The van der Waals surface area contributed by atoms with Crippen LogP contribution in [0.4, 0.5) is 0 Å². The normalized spacial score (nSPS) is 23.2. The summed E-state index contributed by atoms with van der Waals surface area (Å²) in [6.07, 6.45) is 2.62. The highest BCUT2D eigenvalue weighted by Gasteiger charge is 2.27. The maximum atomic E-state index is 6.05. The summed E-state index contributed by atoms with van der Waals surface area (Å²) in [5.41, 5.74) is 1.27. The van der Waals surface area contributed by atoms with Crippen molar-refractivity contribution in [2.45, 2.75) is 32.8 Å². The molecule has 2 atom stereocenters. The molecule has 1 aliphatic heterocycles. The van der Waals surface area contributed by atoms with Crippen LogP contribution in [0.2, 0.25) is 0 Å². The third kappa shape index (κ3) is 4.55. The van der Waals surface area contributed by atoms with Crippen molar-refractivity contribution in [1.29, 1.82) is 0 Å². The molecule has 0 bridgehead atoms. The molecule has 112 valence electrons. The van der Waals surface area contributed by atoms with Crippen molar-refractivity contribution < 1.29 is 4.74 Å². The third-order valence-corrected chi connectivity index (χ3v) is 5.56. The average Bonchev–Trinajstić information content (AvgIpc) is 2.42. The Morgan fingerprint density at radius 1 is 1.30 bits per heavy atom. The molecule has 0 saturated carbocycles. The first kappa shape index (κ1) is 16.5. The fraction of sp³-hybridized carbons (Fsp3) is 0.625. The lowest BCUT2D eigenvalue weighted by atomic mass is 9.89. The van der Waals surface area contributed by atoms with E-state index in [1.807, 2.05) is 0 Å². The quantitative estimate of drug-likeness (QED) is 0.751. The summed E-state index contributed by atoms with van der Waals surface area (Å²) < 4.78 is 8.24. The molecule has 0 aliphatic carbocycles. The number of hydrogen-bond acceptors (Lipinski definition) is 2. The van der Waals surface area contributed by atoms with E-state index in [1.165, 1.54) is 18.4 Å². The van der Waals surface area contributed by atoms with Crippen molar-refractivity contribution in [2.24, 2.45) is 11.8 Å². The van der Waals surface area contributed by atoms with E-state index in [2.05, 4.69) is 69.2 Å². The Balaban J connectivity index is 2.03. The smallest absolute Gasteiger partial charge is 0.0865 e. The highest BCUT2D eigenvalue weighted by molar-refractivity contribution is 9.13. The minimum Gasteiger partial charge on any atom is -0.373 e. The van der Waals surface area contributed by atoms with Crippen molar-refractivity contribution in [3.8, 4) is 0 Å². The van der Waals surface area contributed by atoms with Gasteiger partial charge in [0.2, 0.25) is 0 Å². The van der Waals surface area contributed by atoms with Crippen LogP contribution >= 0.6 is 31.9 Å². The molecule has 0 spiro atoms. The van der Waals surface area contributed by atoms with Gasteiger partial charge >= 0.3 is 0 Å². The van der Waals surface area contributed by atoms with E-state index in [0.717, 1.165) is 28.6 Å². The molecule has 0 radical (unpaired) electrons. The van der Waals surface area contributed by atoms with Crippen LogP contribution in [-0.2, 0) is 4.74 Å². The number of benzene rings is 1. The molecule has 1 heterocycles. The first-order chi connectivity index (χ1) is 9.58. The highest BCUT2D eigenvalue weighted by Crippen LogP contribution is 2.36. The standard InChI is InChI=1S/C16H23Br2NO/c1-11(2)9-19-10-13-4-3-7-20-16(13)12-5-6-14(17)15(18)8-12/h5-6,8,11,13,16,19H,3-4,7,9-10H2,1-2H3. The molecule has 20 heavy (non-hydrogen) atoms. The molecule has 1 fully saturated rings. The minimum atomic E-state index is 0.216. The maximum absolute atomic E-state index is 6.05. The molecule has 0 amide bonds. The Morgan fingerprint density at radius 3 is 2.80 bits per heavy atom. The largest absolute Gasteiger partial charge is 0.373 e. The summed E-state index contributed by atoms with van der Waals surface area (Å²) in [7, 11) is 0. The van der Waals surface area contributed by atoms with Gasteiger partial charge in [-0.25, -0.2) is 0 Å². The Morgan fingerprint density at radius 2 is 2.10 bits per heavy atom. The topological polar surface area (TPSA) is 21.3 Å². The third-order valence-electron chi connectivity index (χ3n) is 3.68. The van der Waals surface area contributed by atoms with Gasteiger partial charge in [0.25, 0.3) is 0 Å². The monoisotopic (exact) mass is 403 g/mol. The second-order valence-corrected chi connectivity index (χ2v) is 7.63. The van der Waals surface area contributed by atoms with Crippen LogP contribution in [0.1, 0.15) is 38.4 Å². The Labute approximate surface area is 138 Å². The van der Waals surface area contributed by atoms with Gasteiger partial charge in [0.15, 0.2) is 0 Å². The maximum Gasteiger partial charge on any atom is 0.0865 e. The first-order valence-corrected chi connectivity index (χ1v) is 8.93. The molecular weight excluding hydrogens is 382 g/mol. The molecule has 1 aliphatic rings. The lowest BCUT2D eigenvalue weighted by Gasteiger charge is -2.32. The second kappa shape index (κ2) is 7.92. The molecule has 0 aromatic heterocycles. The van der Waals surface area contributed by atoms with Crippen LogP contribution in [0, 0.1) is 11.8 Å². The van der Waals surface area contributed by atoms with Crippen LogP contribution in [0.25, 0.3) is 0 Å². The van der Waals surface area contributed by atoms with Crippen LogP contribution in [-0.4, -0.2) is 19.7 Å². The van der Waals surface area contributed by atoms with Crippen LogP contribution in [0.3, 0.4) is 0 Å². The summed E-state index contributed by atoms with van der Waals surface area (Å²) in [5, 5.41) is 3.58. The molecule has 2 unspecified atom stereocenters. The Hall–Kier alpha value is 0.1000. The number of nitrogens with one attached hydrogen (secondary N) is 1. The minimum absolute atomic E-state index is 0.216. The zero-order chi connectivity index (χ0) is 14.5. The molecule has 1 aromatic carbocycles. The fourth-order valence-electron chi connectivity index (χ4n) is 2.67. The van der Waals surface area contributed by atoms with Gasteiger partial charge in [-0.05, 0) is 74.9 Å². The van der Waals surface area contributed by atoms with E-state index >= 15 is 0 Å². The van der Waals surface area contributed by atoms with Crippen LogP contribution in [0.15, 0.2) is 27.1 Å². The van der Waals surface area contributed by atoms with Gasteiger partial charge in [-0.15, -0.1) is 0 Å². The van der Waals surface area contributed by atoms with Crippen molar-refractivity contribution in [3.05, 3.63) is 32.7 Å². The lowest BCUT2D eigenvalue weighted by Crippen LogP contribution is -2.33. The highest BCUT2D eigenvalue weighted by atomic mass is 79.9. The average molecular weight is 405 g/mol. The molecule has 1 saturated heterocycles. The van der Waals surface area contributed by atoms with Gasteiger partial charge < -0.3 is 10.1 Å². The van der Waals surface area contributed by atoms with Crippen LogP contribution < -0.4 is 5.32 Å². The molecule has 1 aromatic rings. The summed E-state index contributed by atoms with van der Waals surface area (Å²) in [5.74, 6) is 1.26.